The van der Waals surface area contributed by atoms with E-state index in [2.05, 4.69) is 15.6 Å². The van der Waals surface area contributed by atoms with Crippen molar-refractivity contribution < 1.29 is 4.79 Å². The Morgan fingerprint density at radius 2 is 2.25 bits per heavy atom. The number of imidazole rings is 1. The van der Waals surface area contributed by atoms with Gasteiger partial charge in [-0.3, -0.25) is 0 Å². The van der Waals surface area contributed by atoms with Gasteiger partial charge in [0.05, 0.1) is 6.33 Å². The number of nitrogens with one attached hydrogen (secondary N) is 2. The van der Waals surface area contributed by atoms with Gasteiger partial charge in [0.15, 0.2) is 0 Å². The van der Waals surface area contributed by atoms with Crippen LogP contribution in [0.2, 0.25) is 5.02 Å². The lowest BCUT2D eigenvalue weighted by molar-refractivity contribution is 0.240. The Hall–Kier alpha value is -2.01. The lowest BCUT2D eigenvalue weighted by Gasteiger charge is -2.09. The molecule has 1 heterocycles. The maximum Gasteiger partial charge on any atom is 0.315 e. The van der Waals surface area contributed by atoms with Crippen molar-refractivity contribution in [3.63, 3.8) is 0 Å². The van der Waals surface area contributed by atoms with Gasteiger partial charge in [0, 0.05) is 37.1 Å². The summed E-state index contributed by atoms with van der Waals surface area (Å²) in [5.41, 5.74) is 2.03. The van der Waals surface area contributed by atoms with E-state index in [4.69, 9.17) is 11.6 Å². The van der Waals surface area contributed by atoms with Gasteiger partial charge >= 0.3 is 6.03 Å². The molecule has 2 N–H and O–H groups in total. The van der Waals surface area contributed by atoms with Crippen LogP contribution < -0.4 is 10.6 Å². The van der Waals surface area contributed by atoms with Crippen LogP contribution in [0.4, 0.5) is 4.79 Å². The number of aryl methyl sites for hydroxylation is 1. The van der Waals surface area contributed by atoms with Crippen molar-refractivity contribution in [2.75, 3.05) is 6.54 Å². The van der Waals surface area contributed by atoms with Crippen molar-refractivity contribution in [3.05, 3.63) is 53.1 Å². The summed E-state index contributed by atoms with van der Waals surface area (Å²) in [7, 11) is 0. The zero-order valence-corrected chi connectivity index (χ0v) is 12.0. The van der Waals surface area contributed by atoms with E-state index in [1.165, 1.54) is 0 Å². The number of rotatable bonds is 5. The quantitative estimate of drug-likeness (QED) is 0.889. The molecule has 2 aromatic rings. The van der Waals surface area contributed by atoms with Crippen LogP contribution in [-0.2, 0) is 13.1 Å². The lowest BCUT2D eigenvalue weighted by atomic mass is 10.1. The first-order valence-corrected chi connectivity index (χ1v) is 6.75. The van der Waals surface area contributed by atoms with E-state index in [1.54, 1.807) is 12.5 Å². The molecule has 6 heteroatoms. The fraction of sp³-hybridized carbons (Fsp3) is 0.286. The lowest BCUT2D eigenvalue weighted by Crippen LogP contribution is -2.36. The zero-order chi connectivity index (χ0) is 14.4. The van der Waals surface area contributed by atoms with E-state index < -0.39 is 0 Å². The van der Waals surface area contributed by atoms with Crippen molar-refractivity contribution in [1.82, 2.24) is 20.2 Å². The maximum atomic E-state index is 11.6. The standard InChI is InChI=1S/C14H17ClN4O/c1-11-8-12(2-3-13(11)15)9-18-14(20)17-5-7-19-6-4-16-10-19/h2-4,6,8,10H,5,7,9H2,1H3,(H2,17,18,20). The molecule has 1 aromatic carbocycles. The smallest absolute Gasteiger partial charge is 0.315 e. The van der Waals surface area contributed by atoms with Crippen molar-refractivity contribution in [3.8, 4) is 0 Å². The second kappa shape index (κ2) is 6.96. The third kappa shape index (κ3) is 4.28. The number of aromatic nitrogens is 2. The van der Waals surface area contributed by atoms with Gasteiger partial charge in [0.1, 0.15) is 0 Å². The number of carbonyl (C=O) groups is 1. The van der Waals surface area contributed by atoms with Gasteiger partial charge < -0.3 is 15.2 Å². The van der Waals surface area contributed by atoms with Gasteiger partial charge in [-0.2, -0.15) is 0 Å². The number of urea groups is 1. The summed E-state index contributed by atoms with van der Waals surface area (Å²) in [5, 5.41) is 6.33. The Bertz CT molecular complexity index is 569. The molecule has 0 spiro atoms. The molecule has 0 aliphatic heterocycles. The SMILES string of the molecule is Cc1cc(CNC(=O)NCCn2ccnc2)ccc1Cl. The number of hydrogen-bond donors (Lipinski definition) is 2. The number of benzene rings is 1. The van der Waals surface area contributed by atoms with E-state index in [-0.39, 0.29) is 6.03 Å². The van der Waals surface area contributed by atoms with E-state index in [0.29, 0.717) is 19.6 Å². The molecule has 20 heavy (non-hydrogen) atoms. The second-order valence-electron chi connectivity index (χ2n) is 4.49. The molecule has 1 aromatic heterocycles. The van der Waals surface area contributed by atoms with Gasteiger partial charge in [0.25, 0.3) is 0 Å². The highest BCUT2D eigenvalue weighted by Crippen LogP contribution is 2.15. The Labute approximate surface area is 123 Å². The maximum absolute atomic E-state index is 11.6. The zero-order valence-electron chi connectivity index (χ0n) is 11.3. The monoisotopic (exact) mass is 292 g/mol. The van der Waals surface area contributed by atoms with Crippen LogP contribution in [0.3, 0.4) is 0 Å². The minimum absolute atomic E-state index is 0.183. The first kappa shape index (κ1) is 14.4. The summed E-state index contributed by atoms with van der Waals surface area (Å²) >= 11 is 5.95. The summed E-state index contributed by atoms with van der Waals surface area (Å²) in [4.78, 5) is 15.6. The minimum Gasteiger partial charge on any atom is -0.336 e. The van der Waals surface area contributed by atoms with E-state index in [1.807, 2.05) is 35.9 Å². The molecule has 0 saturated carbocycles. The molecule has 0 fully saturated rings. The third-order valence-electron chi connectivity index (χ3n) is 2.89. The highest BCUT2D eigenvalue weighted by molar-refractivity contribution is 6.31. The highest BCUT2D eigenvalue weighted by Gasteiger charge is 2.01. The number of hydrogen-bond acceptors (Lipinski definition) is 2. The van der Waals surface area contributed by atoms with Gasteiger partial charge in [0.2, 0.25) is 0 Å². The molecule has 0 bridgehead atoms. The largest absolute Gasteiger partial charge is 0.336 e. The number of nitrogens with zero attached hydrogens (tertiary/aromatic N) is 2. The fourth-order valence-electron chi connectivity index (χ4n) is 1.78. The summed E-state index contributed by atoms with van der Waals surface area (Å²) in [5.74, 6) is 0. The van der Waals surface area contributed by atoms with Crippen molar-refractivity contribution in [1.29, 1.82) is 0 Å². The number of halogens is 1. The number of amides is 2. The molecule has 5 nitrogen and oxygen atoms in total. The van der Waals surface area contributed by atoms with Crippen LogP contribution >= 0.6 is 11.6 Å². The first-order chi connectivity index (χ1) is 9.65. The molecule has 0 atom stereocenters. The Kier molecular flexibility index (Phi) is 5.01. The number of carbonyl (C=O) groups excluding carboxylic acids is 1. The summed E-state index contributed by atoms with van der Waals surface area (Å²) in [6.45, 7) is 3.68. The molecule has 0 aliphatic rings. The van der Waals surface area contributed by atoms with E-state index in [9.17, 15) is 4.79 Å². The van der Waals surface area contributed by atoms with Crippen LogP contribution in [0.1, 0.15) is 11.1 Å². The third-order valence-corrected chi connectivity index (χ3v) is 3.31. The predicted octanol–water partition coefficient (Wildman–Crippen LogP) is 2.34. The second-order valence-corrected chi connectivity index (χ2v) is 4.90. The van der Waals surface area contributed by atoms with Crippen molar-refractivity contribution >= 4 is 17.6 Å². The van der Waals surface area contributed by atoms with Gasteiger partial charge in [-0.15, -0.1) is 0 Å². The van der Waals surface area contributed by atoms with Gasteiger partial charge in [-0.05, 0) is 24.1 Å². The Balaban J connectivity index is 1.70. The molecule has 0 radical (unpaired) electrons. The van der Waals surface area contributed by atoms with Crippen LogP contribution in [0.25, 0.3) is 0 Å². The summed E-state index contributed by atoms with van der Waals surface area (Å²) in [6, 6.07) is 5.53. The van der Waals surface area contributed by atoms with Crippen molar-refractivity contribution in [2.45, 2.75) is 20.0 Å². The Morgan fingerprint density at radius 3 is 2.95 bits per heavy atom. The fourth-order valence-corrected chi connectivity index (χ4v) is 1.90. The molecular formula is C14H17ClN4O. The van der Waals surface area contributed by atoms with Crippen molar-refractivity contribution in [2.24, 2.45) is 0 Å². The molecular weight excluding hydrogens is 276 g/mol. The van der Waals surface area contributed by atoms with Crippen LogP contribution in [-0.4, -0.2) is 22.1 Å². The van der Waals surface area contributed by atoms with E-state index >= 15 is 0 Å². The molecule has 0 saturated heterocycles. The molecule has 2 rings (SSSR count). The van der Waals surface area contributed by atoms with Gasteiger partial charge in [-0.1, -0.05) is 23.7 Å². The van der Waals surface area contributed by atoms with Gasteiger partial charge in [-0.25, -0.2) is 9.78 Å². The summed E-state index contributed by atoms with van der Waals surface area (Å²) < 4.78 is 1.91. The predicted molar refractivity (Wildman–Crippen MR) is 78.7 cm³/mol. The van der Waals surface area contributed by atoms with Crippen LogP contribution in [0.5, 0.6) is 0 Å². The first-order valence-electron chi connectivity index (χ1n) is 6.37. The molecule has 106 valence electrons. The Morgan fingerprint density at radius 1 is 1.40 bits per heavy atom. The molecule has 2 amide bonds. The van der Waals surface area contributed by atoms with E-state index in [0.717, 1.165) is 16.1 Å². The summed E-state index contributed by atoms with van der Waals surface area (Å²) in [6.07, 6.45) is 5.29. The van der Waals surface area contributed by atoms with Crippen LogP contribution in [0, 0.1) is 6.92 Å². The average Bonchev–Trinajstić information content (AvgIpc) is 2.93. The average molecular weight is 293 g/mol. The highest BCUT2D eigenvalue weighted by atomic mass is 35.5. The van der Waals surface area contributed by atoms with Crippen LogP contribution in [0.15, 0.2) is 36.9 Å². The molecule has 0 aliphatic carbocycles. The normalized spacial score (nSPS) is 10.3. The topological polar surface area (TPSA) is 59.0 Å². The molecule has 0 unspecified atom stereocenters. The minimum atomic E-state index is -0.183.